The molecule has 21 heavy (non-hydrogen) atoms. The van der Waals surface area contributed by atoms with Gasteiger partial charge in [0.2, 0.25) is 5.91 Å². The summed E-state index contributed by atoms with van der Waals surface area (Å²) in [6, 6.07) is 11.2. The molecule has 0 aromatic heterocycles. The Balaban J connectivity index is 2.17. The Hall–Kier alpha value is -2.04. The standard InChI is InChI=1S/C15H11Cl2NO3/c16-10-5-6-13(11(8-10)15(20)21)18-14(19)7-9-3-1-2-4-12(9)17/h1-6,8H,7H2,(H,18,19)(H,20,21). The molecule has 108 valence electrons. The summed E-state index contributed by atoms with van der Waals surface area (Å²) in [5, 5.41) is 12.4. The highest BCUT2D eigenvalue weighted by molar-refractivity contribution is 6.31. The Morgan fingerprint density at radius 2 is 1.81 bits per heavy atom. The second kappa shape index (κ2) is 6.61. The van der Waals surface area contributed by atoms with Crippen LogP contribution in [-0.2, 0) is 11.2 Å². The fraction of sp³-hybridized carbons (Fsp3) is 0.0667. The average molecular weight is 324 g/mol. The summed E-state index contributed by atoms with van der Waals surface area (Å²) in [5.41, 5.74) is 0.807. The van der Waals surface area contributed by atoms with Gasteiger partial charge in [-0.05, 0) is 29.8 Å². The van der Waals surface area contributed by atoms with Gasteiger partial charge in [-0.15, -0.1) is 0 Å². The fourth-order valence-electron chi connectivity index (χ4n) is 1.81. The molecule has 0 radical (unpaired) electrons. The molecule has 2 N–H and O–H groups in total. The number of halogens is 2. The molecule has 6 heteroatoms. The van der Waals surface area contributed by atoms with Gasteiger partial charge in [0.1, 0.15) is 0 Å². The third kappa shape index (κ3) is 3.97. The Morgan fingerprint density at radius 1 is 1.10 bits per heavy atom. The van der Waals surface area contributed by atoms with E-state index in [0.29, 0.717) is 10.6 Å². The van der Waals surface area contributed by atoms with E-state index in [0.717, 1.165) is 0 Å². The predicted octanol–water partition coefficient (Wildman–Crippen LogP) is 3.87. The maximum Gasteiger partial charge on any atom is 0.337 e. The molecule has 4 nitrogen and oxygen atoms in total. The van der Waals surface area contributed by atoms with Gasteiger partial charge >= 0.3 is 5.97 Å². The summed E-state index contributed by atoms with van der Waals surface area (Å²) in [5.74, 6) is -1.52. The summed E-state index contributed by atoms with van der Waals surface area (Å²) in [4.78, 5) is 23.1. The normalized spacial score (nSPS) is 10.2. The molecular weight excluding hydrogens is 313 g/mol. The van der Waals surface area contributed by atoms with Crippen LogP contribution >= 0.6 is 23.2 Å². The van der Waals surface area contributed by atoms with Crippen molar-refractivity contribution < 1.29 is 14.7 Å². The maximum atomic E-state index is 12.0. The number of hydrogen-bond donors (Lipinski definition) is 2. The Bertz CT molecular complexity index is 701. The number of benzene rings is 2. The SMILES string of the molecule is O=C(Cc1ccccc1Cl)Nc1ccc(Cl)cc1C(=O)O. The molecule has 0 saturated carbocycles. The van der Waals surface area contributed by atoms with Gasteiger partial charge < -0.3 is 10.4 Å². The van der Waals surface area contributed by atoms with Crippen molar-refractivity contribution in [2.75, 3.05) is 5.32 Å². The van der Waals surface area contributed by atoms with Gasteiger partial charge in [-0.3, -0.25) is 4.79 Å². The molecule has 2 rings (SSSR count). The predicted molar refractivity (Wildman–Crippen MR) is 82.2 cm³/mol. The van der Waals surface area contributed by atoms with E-state index in [1.165, 1.54) is 18.2 Å². The molecule has 1 amide bonds. The van der Waals surface area contributed by atoms with Crippen molar-refractivity contribution in [3.8, 4) is 0 Å². The van der Waals surface area contributed by atoms with Crippen molar-refractivity contribution in [3.63, 3.8) is 0 Å². The largest absolute Gasteiger partial charge is 0.478 e. The smallest absolute Gasteiger partial charge is 0.337 e. The number of nitrogens with one attached hydrogen (secondary N) is 1. The molecule has 0 bridgehead atoms. The maximum absolute atomic E-state index is 12.0. The second-order valence-electron chi connectivity index (χ2n) is 4.31. The third-order valence-electron chi connectivity index (χ3n) is 2.79. The van der Waals surface area contributed by atoms with Crippen LogP contribution in [0.3, 0.4) is 0 Å². The van der Waals surface area contributed by atoms with Crippen LogP contribution in [0.25, 0.3) is 0 Å². The third-order valence-corrected chi connectivity index (χ3v) is 3.40. The monoisotopic (exact) mass is 323 g/mol. The zero-order valence-electron chi connectivity index (χ0n) is 10.8. The second-order valence-corrected chi connectivity index (χ2v) is 5.16. The molecule has 0 aliphatic heterocycles. The fourth-order valence-corrected chi connectivity index (χ4v) is 2.19. The minimum Gasteiger partial charge on any atom is -0.478 e. The van der Waals surface area contributed by atoms with E-state index in [4.69, 9.17) is 28.3 Å². The van der Waals surface area contributed by atoms with Gasteiger partial charge in [0.05, 0.1) is 17.7 Å². The molecule has 2 aromatic rings. The van der Waals surface area contributed by atoms with Crippen LogP contribution in [0.4, 0.5) is 5.69 Å². The van der Waals surface area contributed by atoms with Crippen molar-refractivity contribution in [3.05, 3.63) is 63.6 Å². The molecular formula is C15H11Cl2NO3. The lowest BCUT2D eigenvalue weighted by atomic mass is 10.1. The minimum atomic E-state index is -1.16. The highest BCUT2D eigenvalue weighted by Gasteiger charge is 2.14. The summed E-state index contributed by atoms with van der Waals surface area (Å²) in [6.07, 6.45) is 0.0569. The number of aromatic carboxylic acids is 1. The molecule has 0 unspecified atom stereocenters. The summed E-state index contributed by atoms with van der Waals surface area (Å²) in [7, 11) is 0. The molecule has 0 aliphatic rings. The first-order chi connectivity index (χ1) is 9.97. The number of hydrogen-bond acceptors (Lipinski definition) is 2. The van der Waals surface area contributed by atoms with Gasteiger partial charge in [-0.25, -0.2) is 4.79 Å². The van der Waals surface area contributed by atoms with Gasteiger partial charge in [-0.2, -0.15) is 0 Å². The van der Waals surface area contributed by atoms with Crippen LogP contribution in [-0.4, -0.2) is 17.0 Å². The lowest BCUT2D eigenvalue weighted by Crippen LogP contribution is -2.17. The lowest BCUT2D eigenvalue weighted by Gasteiger charge is -2.09. The molecule has 0 heterocycles. The molecule has 0 atom stereocenters. The topological polar surface area (TPSA) is 66.4 Å². The lowest BCUT2D eigenvalue weighted by molar-refractivity contribution is -0.115. The number of carboxylic acids is 1. The van der Waals surface area contributed by atoms with E-state index < -0.39 is 5.97 Å². The first-order valence-electron chi connectivity index (χ1n) is 6.03. The van der Waals surface area contributed by atoms with Crippen LogP contribution in [0.2, 0.25) is 10.0 Å². The highest BCUT2D eigenvalue weighted by atomic mass is 35.5. The summed E-state index contributed by atoms with van der Waals surface area (Å²) in [6.45, 7) is 0. The summed E-state index contributed by atoms with van der Waals surface area (Å²) < 4.78 is 0. The van der Waals surface area contributed by atoms with Gasteiger partial charge in [-0.1, -0.05) is 41.4 Å². The average Bonchev–Trinajstić information content (AvgIpc) is 2.43. The van der Waals surface area contributed by atoms with E-state index in [1.54, 1.807) is 24.3 Å². The number of anilines is 1. The van der Waals surface area contributed by atoms with Crippen molar-refractivity contribution in [2.45, 2.75) is 6.42 Å². The first-order valence-corrected chi connectivity index (χ1v) is 6.79. The molecule has 0 aliphatic carbocycles. The molecule has 0 fully saturated rings. The summed E-state index contributed by atoms with van der Waals surface area (Å²) >= 11 is 11.7. The van der Waals surface area contributed by atoms with E-state index >= 15 is 0 Å². The van der Waals surface area contributed by atoms with E-state index in [2.05, 4.69) is 5.32 Å². The van der Waals surface area contributed by atoms with Gasteiger partial charge in [0.15, 0.2) is 0 Å². The number of carbonyl (C=O) groups is 2. The van der Waals surface area contributed by atoms with Crippen LogP contribution in [0, 0.1) is 0 Å². The first kappa shape index (κ1) is 15.4. The number of carboxylic acid groups (broad SMARTS) is 1. The van der Waals surface area contributed by atoms with Crippen LogP contribution in [0.1, 0.15) is 15.9 Å². The highest BCUT2D eigenvalue weighted by Crippen LogP contribution is 2.22. The number of rotatable bonds is 4. The van der Waals surface area contributed by atoms with Crippen molar-refractivity contribution in [1.82, 2.24) is 0 Å². The Kier molecular flexibility index (Phi) is 4.83. The van der Waals surface area contributed by atoms with Crippen molar-refractivity contribution >= 4 is 40.8 Å². The van der Waals surface area contributed by atoms with Crippen molar-refractivity contribution in [2.24, 2.45) is 0 Å². The molecule has 2 aromatic carbocycles. The Morgan fingerprint density at radius 3 is 2.48 bits per heavy atom. The Labute approximate surface area is 131 Å². The van der Waals surface area contributed by atoms with Crippen LogP contribution < -0.4 is 5.32 Å². The van der Waals surface area contributed by atoms with Crippen LogP contribution in [0.5, 0.6) is 0 Å². The van der Waals surface area contributed by atoms with Gasteiger partial charge in [0, 0.05) is 10.0 Å². The zero-order valence-corrected chi connectivity index (χ0v) is 12.3. The van der Waals surface area contributed by atoms with Crippen LogP contribution in [0.15, 0.2) is 42.5 Å². The number of carbonyl (C=O) groups excluding carboxylic acids is 1. The number of amides is 1. The molecule has 0 spiro atoms. The van der Waals surface area contributed by atoms with Gasteiger partial charge in [0.25, 0.3) is 0 Å². The zero-order chi connectivity index (χ0) is 15.4. The van der Waals surface area contributed by atoms with E-state index in [-0.39, 0.29) is 28.6 Å². The van der Waals surface area contributed by atoms with E-state index in [1.807, 2.05) is 0 Å². The quantitative estimate of drug-likeness (QED) is 0.897. The minimum absolute atomic E-state index is 0.0569. The molecule has 0 saturated heterocycles. The van der Waals surface area contributed by atoms with E-state index in [9.17, 15) is 9.59 Å². The van der Waals surface area contributed by atoms with Crippen molar-refractivity contribution in [1.29, 1.82) is 0 Å².